The first kappa shape index (κ1) is 16.9. The first-order chi connectivity index (χ1) is 10.6. The van der Waals surface area contributed by atoms with Gasteiger partial charge >= 0.3 is 0 Å². The van der Waals surface area contributed by atoms with Gasteiger partial charge in [0, 0.05) is 13.1 Å². The quantitative estimate of drug-likeness (QED) is 0.874. The standard InChI is InChI=1S/C17H24N2O2S/c1-2-13-10-19(17(21)12-22-11-16(18)20)9-8-15(13)14-6-4-3-5-7-14/h3-7,13,15H,2,8-12H2,1H3,(H2,18,20)/t13-,15+/m1/s1. The Morgan fingerprint density at radius 1 is 1.27 bits per heavy atom. The molecule has 22 heavy (non-hydrogen) atoms. The van der Waals surface area contributed by atoms with E-state index in [1.54, 1.807) is 0 Å². The maximum absolute atomic E-state index is 12.2. The van der Waals surface area contributed by atoms with E-state index < -0.39 is 0 Å². The van der Waals surface area contributed by atoms with Gasteiger partial charge in [0.1, 0.15) is 0 Å². The van der Waals surface area contributed by atoms with Crippen molar-refractivity contribution in [3.63, 3.8) is 0 Å². The molecule has 5 heteroatoms. The molecule has 0 unspecified atom stereocenters. The van der Waals surface area contributed by atoms with Crippen molar-refractivity contribution in [2.45, 2.75) is 25.7 Å². The zero-order chi connectivity index (χ0) is 15.9. The topological polar surface area (TPSA) is 63.4 Å². The van der Waals surface area contributed by atoms with Gasteiger partial charge in [-0.2, -0.15) is 0 Å². The van der Waals surface area contributed by atoms with Gasteiger partial charge in [0.25, 0.3) is 0 Å². The summed E-state index contributed by atoms with van der Waals surface area (Å²) < 4.78 is 0. The molecule has 1 aliphatic rings. The summed E-state index contributed by atoms with van der Waals surface area (Å²) in [4.78, 5) is 24.9. The third-order valence-corrected chi connectivity index (χ3v) is 5.25. The summed E-state index contributed by atoms with van der Waals surface area (Å²) in [6.45, 7) is 3.80. The Bertz CT molecular complexity index is 507. The van der Waals surface area contributed by atoms with E-state index in [0.29, 0.717) is 17.6 Å². The van der Waals surface area contributed by atoms with Gasteiger partial charge < -0.3 is 10.6 Å². The minimum Gasteiger partial charge on any atom is -0.369 e. The number of nitrogens with two attached hydrogens (primary N) is 1. The Labute approximate surface area is 136 Å². The number of benzene rings is 1. The van der Waals surface area contributed by atoms with E-state index in [9.17, 15) is 9.59 Å². The largest absolute Gasteiger partial charge is 0.369 e. The molecule has 0 bridgehead atoms. The number of likely N-dealkylation sites (tertiary alicyclic amines) is 1. The second-order valence-corrected chi connectivity index (χ2v) is 6.76. The van der Waals surface area contributed by atoms with E-state index >= 15 is 0 Å². The molecular weight excluding hydrogens is 296 g/mol. The second kappa shape index (κ2) is 8.22. The third kappa shape index (κ3) is 4.50. The van der Waals surface area contributed by atoms with Gasteiger partial charge in [0.05, 0.1) is 11.5 Å². The Morgan fingerprint density at radius 2 is 2.00 bits per heavy atom. The maximum Gasteiger partial charge on any atom is 0.232 e. The van der Waals surface area contributed by atoms with Crippen LogP contribution in [0.5, 0.6) is 0 Å². The van der Waals surface area contributed by atoms with E-state index in [4.69, 9.17) is 5.73 Å². The highest BCUT2D eigenvalue weighted by Gasteiger charge is 2.31. The van der Waals surface area contributed by atoms with E-state index in [1.807, 2.05) is 11.0 Å². The zero-order valence-electron chi connectivity index (χ0n) is 13.0. The number of carbonyl (C=O) groups excluding carboxylic acids is 2. The number of rotatable bonds is 6. The molecule has 2 amide bonds. The summed E-state index contributed by atoms with van der Waals surface area (Å²) in [5, 5.41) is 0. The van der Waals surface area contributed by atoms with Crippen LogP contribution in [-0.2, 0) is 9.59 Å². The lowest BCUT2D eigenvalue weighted by molar-refractivity contribution is -0.130. The van der Waals surface area contributed by atoms with Crippen LogP contribution in [0, 0.1) is 5.92 Å². The normalized spacial score (nSPS) is 21.6. The molecule has 0 saturated carbocycles. The molecule has 2 rings (SSSR count). The fourth-order valence-electron chi connectivity index (χ4n) is 3.14. The van der Waals surface area contributed by atoms with E-state index in [0.717, 1.165) is 25.9 Å². The van der Waals surface area contributed by atoms with Gasteiger partial charge in [-0.1, -0.05) is 43.7 Å². The molecule has 1 aromatic carbocycles. The SMILES string of the molecule is CC[C@@H]1CN(C(=O)CSCC(N)=O)CC[C@@H]1c1ccccc1. The summed E-state index contributed by atoms with van der Waals surface area (Å²) >= 11 is 1.30. The molecule has 1 fully saturated rings. The minimum atomic E-state index is -0.368. The summed E-state index contributed by atoms with van der Waals surface area (Å²) in [5.41, 5.74) is 6.48. The second-order valence-electron chi connectivity index (χ2n) is 5.77. The van der Waals surface area contributed by atoms with Gasteiger partial charge in [0.15, 0.2) is 0 Å². The van der Waals surface area contributed by atoms with Gasteiger partial charge in [-0.15, -0.1) is 11.8 Å². The molecular formula is C17H24N2O2S. The average molecular weight is 320 g/mol. The van der Waals surface area contributed by atoms with Crippen molar-refractivity contribution in [3.8, 4) is 0 Å². The third-order valence-electron chi connectivity index (χ3n) is 4.31. The summed E-state index contributed by atoms with van der Waals surface area (Å²) in [7, 11) is 0. The minimum absolute atomic E-state index is 0.121. The lowest BCUT2D eigenvalue weighted by Gasteiger charge is -2.38. The Kier molecular flexibility index (Phi) is 6.31. The molecule has 0 spiro atoms. The first-order valence-electron chi connectivity index (χ1n) is 7.80. The molecule has 1 saturated heterocycles. The molecule has 0 aliphatic carbocycles. The predicted molar refractivity (Wildman–Crippen MR) is 90.7 cm³/mol. The summed E-state index contributed by atoms with van der Waals surface area (Å²) in [6, 6.07) is 10.6. The van der Waals surface area contributed by atoms with Crippen molar-refractivity contribution in [3.05, 3.63) is 35.9 Å². The fraction of sp³-hybridized carbons (Fsp3) is 0.529. The fourth-order valence-corrected chi connectivity index (χ4v) is 3.80. The van der Waals surface area contributed by atoms with Crippen molar-refractivity contribution < 1.29 is 9.59 Å². The van der Waals surface area contributed by atoms with Crippen LogP contribution in [0.1, 0.15) is 31.2 Å². The van der Waals surface area contributed by atoms with Crippen molar-refractivity contribution in [1.82, 2.24) is 4.90 Å². The highest BCUT2D eigenvalue weighted by molar-refractivity contribution is 8.00. The summed E-state index contributed by atoms with van der Waals surface area (Å²) in [5.74, 6) is 1.34. The van der Waals surface area contributed by atoms with Crippen molar-refractivity contribution >= 4 is 23.6 Å². The molecule has 0 radical (unpaired) electrons. The highest BCUT2D eigenvalue weighted by atomic mass is 32.2. The molecule has 1 aliphatic heterocycles. The molecule has 1 aromatic rings. The Hall–Kier alpha value is -1.49. The van der Waals surface area contributed by atoms with Crippen LogP contribution in [0.15, 0.2) is 30.3 Å². The molecule has 4 nitrogen and oxygen atoms in total. The monoisotopic (exact) mass is 320 g/mol. The summed E-state index contributed by atoms with van der Waals surface area (Å²) in [6.07, 6.45) is 2.08. The van der Waals surface area contributed by atoms with Crippen molar-refractivity contribution in [2.75, 3.05) is 24.6 Å². The predicted octanol–water partition coefficient (Wildman–Crippen LogP) is 2.25. The number of piperidine rings is 1. The smallest absolute Gasteiger partial charge is 0.232 e. The van der Waals surface area contributed by atoms with Crippen LogP contribution < -0.4 is 5.73 Å². The lowest BCUT2D eigenvalue weighted by Crippen LogP contribution is -2.43. The zero-order valence-corrected chi connectivity index (χ0v) is 13.8. The number of carbonyl (C=O) groups is 2. The number of thioether (sulfide) groups is 1. The first-order valence-corrected chi connectivity index (χ1v) is 8.96. The molecule has 1 heterocycles. The number of hydrogen-bond acceptors (Lipinski definition) is 3. The number of hydrogen-bond donors (Lipinski definition) is 1. The van der Waals surface area contributed by atoms with Crippen LogP contribution in [-0.4, -0.2) is 41.3 Å². The molecule has 0 aromatic heterocycles. The van der Waals surface area contributed by atoms with Gasteiger partial charge in [-0.05, 0) is 23.8 Å². The van der Waals surface area contributed by atoms with E-state index in [2.05, 4.69) is 31.2 Å². The Balaban J connectivity index is 1.92. The van der Waals surface area contributed by atoms with Crippen LogP contribution in [0.2, 0.25) is 0 Å². The highest BCUT2D eigenvalue weighted by Crippen LogP contribution is 2.34. The number of amides is 2. The molecule has 2 atom stereocenters. The van der Waals surface area contributed by atoms with Crippen LogP contribution >= 0.6 is 11.8 Å². The van der Waals surface area contributed by atoms with Gasteiger partial charge in [0.2, 0.25) is 11.8 Å². The van der Waals surface area contributed by atoms with Gasteiger partial charge in [-0.25, -0.2) is 0 Å². The van der Waals surface area contributed by atoms with Crippen LogP contribution in [0.25, 0.3) is 0 Å². The number of nitrogens with zero attached hydrogens (tertiary/aromatic N) is 1. The molecule has 2 N–H and O–H groups in total. The van der Waals surface area contributed by atoms with Crippen molar-refractivity contribution in [1.29, 1.82) is 0 Å². The molecule has 120 valence electrons. The van der Waals surface area contributed by atoms with E-state index in [-0.39, 0.29) is 17.6 Å². The lowest BCUT2D eigenvalue weighted by atomic mass is 9.79. The maximum atomic E-state index is 12.2. The van der Waals surface area contributed by atoms with Crippen LogP contribution in [0.4, 0.5) is 0 Å². The Morgan fingerprint density at radius 3 is 2.64 bits per heavy atom. The number of primary amides is 1. The van der Waals surface area contributed by atoms with Crippen molar-refractivity contribution in [2.24, 2.45) is 11.7 Å². The van der Waals surface area contributed by atoms with E-state index in [1.165, 1.54) is 17.3 Å². The van der Waals surface area contributed by atoms with Crippen LogP contribution in [0.3, 0.4) is 0 Å². The van der Waals surface area contributed by atoms with Gasteiger partial charge in [-0.3, -0.25) is 9.59 Å². The average Bonchev–Trinajstić information content (AvgIpc) is 2.54.